The molecule has 3 fully saturated rings. The van der Waals surface area contributed by atoms with Gasteiger partial charge in [-0.1, -0.05) is 0 Å². The van der Waals surface area contributed by atoms with E-state index < -0.39 is 0 Å². The quantitative estimate of drug-likeness (QED) is 0.899. The highest BCUT2D eigenvalue weighted by atomic mass is 32.1. The first-order valence-electron chi connectivity index (χ1n) is 7.59. The minimum absolute atomic E-state index is 0.164. The molecular formula is C15H19N3O2S. The van der Waals surface area contributed by atoms with Gasteiger partial charge in [0.1, 0.15) is 12.1 Å². The summed E-state index contributed by atoms with van der Waals surface area (Å²) in [6, 6.07) is 1.92. The number of amides is 2. The number of carbonyl (C=O) groups excluding carboxylic acids is 2. The summed E-state index contributed by atoms with van der Waals surface area (Å²) < 4.78 is 0. The van der Waals surface area contributed by atoms with E-state index in [2.05, 4.69) is 22.1 Å². The van der Waals surface area contributed by atoms with Gasteiger partial charge in [0, 0.05) is 25.7 Å². The van der Waals surface area contributed by atoms with E-state index in [1.165, 1.54) is 5.56 Å². The van der Waals surface area contributed by atoms with Crippen LogP contribution in [0.4, 0.5) is 0 Å². The van der Waals surface area contributed by atoms with Gasteiger partial charge in [-0.3, -0.25) is 9.59 Å². The normalized spacial score (nSPS) is 31.7. The summed E-state index contributed by atoms with van der Waals surface area (Å²) in [5.41, 5.74) is 1.27. The predicted molar refractivity (Wildman–Crippen MR) is 79.8 cm³/mol. The standard InChI is InChI=1S/C15H19N3O2S/c19-14-12-2-1-4-17(12)15(20)13-6-11(8-18(13)14)16-7-10-3-5-21-9-10/h3,5,9,11-13,16H,1-2,4,6-8H2/t11-,12+,13-/m0/s1. The van der Waals surface area contributed by atoms with Crippen molar-refractivity contribution in [3.8, 4) is 0 Å². The van der Waals surface area contributed by atoms with Gasteiger partial charge in [-0.05, 0) is 41.7 Å². The SMILES string of the molecule is O=C1[C@@H]2C[C@H](NCc3ccsc3)CN2C(=O)[C@H]2CCCN12. The van der Waals surface area contributed by atoms with Gasteiger partial charge < -0.3 is 15.1 Å². The lowest BCUT2D eigenvalue weighted by Gasteiger charge is -2.38. The third kappa shape index (κ3) is 2.17. The highest BCUT2D eigenvalue weighted by Gasteiger charge is 2.51. The summed E-state index contributed by atoms with van der Waals surface area (Å²) in [7, 11) is 0. The first kappa shape index (κ1) is 13.3. The summed E-state index contributed by atoms with van der Waals surface area (Å²) in [5.74, 6) is 0.328. The number of hydrogen-bond acceptors (Lipinski definition) is 4. The molecule has 1 N–H and O–H groups in total. The van der Waals surface area contributed by atoms with Crippen molar-refractivity contribution in [2.24, 2.45) is 0 Å². The fourth-order valence-corrected chi connectivity index (χ4v) is 4.46. The Morgan fingerprint density at radius 3 is 2.90 bits per heavy atom. The maximum atomic E-state index is 12.5. The van der Waals surface area contributed by atoms with Gasteiger partial charge in [-0.25, -0.2) is 0 Å². The zero-order valence-corrected chi connectivity index (χ0v) is 12.6. The number of rotatable bonds is 3. The smallest absolute Gasteiger partial charge is 0.246 e. The maximum Gasteiger partial charge on any atom is 0.246 e. The molecule has 4 rings (SSSR count). The van der Waals surface area contributed by atoms with E-state index in [1.807, 2.05) is 9.80 Å². The molecule has 0 bridgehead atoms. The zero-order chi connectivity index (χ0) is 14.4. The Bertz CT molecular complexity index is 529. The number of piperazine rings is 1. The van der Waals surface area contributed by atoms with E-state index >= 15 is 0 Å². The molecule has 5 nitrogen and oxygen atoms in total. The minimum Gasteiger partial charge on any atom is -0.329 e. The van der Waals surface area contributed by atoms with Gasteiger partial charge in [0.25, 0.3) is 0 Å². The Labute approximate surface area is 127 Å². The van der Waals surface area contributed by atoms with E-state index in [9.17, 15) is 9.59 Å². The van der Waals surface area contributed by atoms with Gasteiger partial charge >= 0.3 is 0 Å². The second kappa shape index (κ2) is 5.10. The monoisotopic (exact) mass is 305 g/mol. The molecule has 21 heavy (non-hydrogen) atoms. The lowest BCUT2D eigenvalue weighted by molar-refractivity contribution is -0.156. The van der Waals surface area contributed by atoms with E-state index in [0.29, 0.717) is 6.54 Å². The van der Waals surface area contributed by atoms with Gasteiger partial charge in [-0.2, -0.15) is 11.3 Å². The van der Waals surface area contributed by atoms with Gasteiger partial charge in [-0.15, -0.1) is 0 Å². The number of carbonyl (C=O) groups is 2. The van der Waals surface area contributed by atoms with Crippen molar-refractivity contribution in [2.45, 2.75) is 43.9 Å². The fourth-order valence-electron chi connectivity index (χ4n) is 3.79. The lowest BCUT2D eigenvalue weighted by Crippen LogP contribution is -2.60. The van der Waals surface area contributed by atoms with Gasteiger partial charge in [0.15, 0.2) is 0 Å². The first-order valence-corrected chi connectivity index (χ1v) is 8.54. The molecule has 3 saturated heterocycles. The van der Waals surface area contributed by atoms with Crippen LogP contribution in [0.3, 0.4) is 0 Å². The van der Waals surface area contributed by atoms with Crippen LogP contribution < -0.4 is 5.32 Å². The molecule has 112 valence electrons. The Balaban J connectivity index is 1.44. The van der Waals surface area contributed by atoms with Crippen molar-refractivity contribution in [2.75, 3.05) is 13.1 Å². The number of nitrogens with zero attached hydrogens (tertiary/aromatic N) is 2. The van der Waals surface area contributed by atoms with Crippen LogP contribution in [0.2, 0.25) is 0 Å². The van der Waals surface area contributed by atoms with E-state index in [1.54, 1.807) is 11.3 Å². The van der Waals surface area contributed by atoms with E-state index in [-0.39, 0.29) is 29.9 Å². The third-order valence-electron chi connectivity index (χ3n) is 4.87. The maximum absolute atomic E-state index is 12.5. The Morgan fingerprint density at radius 2 is 2.10 bits per heavy atom. The number of hydrogen-bond donors (Lipinski definition) is 1. The molecule has 1 aromatic rings. The first-order chi connectivity index (χ1) is 10.2. The third-order valence-corrected chi connectivity index (χ3v) is 5.60. The van der Waals surface area contributed by atoms with Crippen LogP contribution in [-0.4, -0.2) is 52.8 Å². The molecule has 6 heteroatoms. The molecule has 4 heterocycles. The molecule has 0 saturated carbocycles. The molecule has 0 unspecified atom stereocenters. The number of fused-ring (bicyclic) bond motifs is 2. The van der Waals surface area contributed by atoms with Crippen LogP contribution >= 0.6 is 11.3 Å². The summed E-state index contributed by atoms with van der Waals surface area (Å²) in [4.78, 5) is 28.7. The highest BCUT2D eigenvalue weighted by molar-refractivity contribution is 7.07. The molecule has 1 aromatic heterocycles. The summed E-state index contributed by atoms with van der Waals surface area (Å²) in [6.07, 6.45) is 2.54. The second-order valence-electron chi connectivity index (χ2n) is 6.14. The van der Waals surface area contributed by atoms with Crippen LogP contribution in [0.25, 0.3) is 0 Å². The molecule has 0 aromatic carbocycles. The fraction of sp³-hybridized carbons (Fsp3) is 0.600. The molecule has 2 amide bonds. The minimum atomic E-state index is -0.230. The molecule has 3 aliphatic heterocycles. The van der Waals surface area contributed by atoms with Crippen LogP contribution in [0.15, 0.2) is 16.8 Å². The summed E-state index contributed by atoms with van der Waals surface area (Å²) >= 11 is 1.69. The molecule has 0 spiro atoms. The van der Waals surface area contributed by atoms with Crippen LogP contribution in [-0.2, 0) is 16.1 Å². The highest BCUT2D eigenvalue weighted by Crippen LogP contribution is 2.32. The van der Waals surface area contributed by atoms with Gasteiger partial charge in [0.2, 0.25) is 11.8 Å². The van der Waals surface area contributed by atoms with Crippen molar-refractivity contribution >= 4 is 23.2 Å². The Morgan fingerprint density at radius 1 is 1.24 bits per heavy atom. The van der Waals surface area contributed by atoms with Crippen LogP contribution in [0.5, 0.6) is 0 Å². The van der Waals surface area contributed by atoms with Crippen molar-refractivity contribution in [3.05, 3.63) is 22.4 Å². The Kier molecular flexibility index (Phi) is 3.23. The van der Waals surface area contributed by atoms with Crippen molar-refractivity contribution in [1.29, 1.82) is 0 Å². The molecular weight excluding hydrogens is 286 g/mol. The predicted octanol–water partition coefficient (Wildman–Crippen LogP) is 0.812. The number of nitrogens with one attached hydrogen (secondary N) is 1. The largest absolute Gasteiger partial charge is 0.329 e. The van der Waals surface area contributed by atoms with E-state index in [4.69, 9.17) is 0 Å². The Hall–Kier alpha value is -1.40. The van der Waals surface area contributed by atoms with Crippen LogP contribution in [0, 0.1) is 0 Å². The average molecular weight is 305 g/mol. The van der Waals surface area contributed by atoms with Gasteiger partial charge in [0.05, 0.1) is 0 Å². The molecule has 3 atom stereocenters. The molecule has 0 aliphatic carbocycles. The molecule has 0 radical (unpaired) electrons. The van der Waals surface area contributed by atoms with Crippen molar-refractivity contribution in [3.63, 3.8) is 0 Å². The van der Waals surface area contributed by atoms with Crippen molar-refractivity contribution < 1.29 is 9.59 Å². The summed E-state index contributed by atoms with van der Waals surface area (Å²) in [6.45, 7) is 2.24. The second-order valence-corrected chi connectivity index (χ2v) is 6.92. The zero-order valence-electron chi connectivity index (χ0n) is 11.8. The summed E-state index contributed by atoms with van der Waals surface area (Å²) in [5, 5.41) is 7.68. The topological polar surface area (TPSA) is 52.7 Å². The average Bonchev–Trinajstić information content (AvgIpc) is 3.21. The van der Waals surface area contributed by atoms with E-state index in [0.717, 1.165) is 32.4 Å². The van der Waals surface area contributed by atoms with Crippen LogP contribution in [0.1, 0.15) is 24.8 Å². The lowest BCUT2D eigenvalue weighted by atomic mass is 10.1. The number of thiophene rings is 1. The van der Waals surface area contributed by atoms with Crippen molar-refractivity contribution in [1.82, 2.24) is 15.1 Å². The molecule has 3 aliphatic rings.